The molecule has 1 aliphatic heterocycles. The van der Waals surface area contributed by atoms with E-state index in [1.165, 1.54) is 6.07 Å². The average Bonchev–Trinajstić information content (AvgIpc) is 3.19. The van der Waals surface area contributed by atoms with E-state index in [0.29, 0.717) is 47.5 Å². The molecular formula is C19H21FN2O4. The summed E-state index contributed by atoms with van der Waals surface area (Å²) in [5, 5.41) is 3.08. The predicted octanol–water partition coefficient (Wildman–Crippen LogP) is 2.78. The van der Waals surface area contributed by atoms with Gasteiger partial charge in [0.25, 0.3) is 0 Å². The highest BCUT2D eigenvalue weighted by Crippen LogP contribution is 2.38. The first-order valence-corrected chi connectivity index (χ1v) is 8.16. The second kappa shape index (κ2) is 7.95. The van der Waals surface area contributed by atoms with Gasteiger partial charge in [0.05, 0.1) is 33.4 Å². The van der Waals surface area contributed by atoms with E-state index in [9.17, 15) is 4.39 Å². The SMILES string of the molecule is COc1cc(COc2cccc(F)c2C2=NCCN2)cc(OC)c1OC. The highest BCUT2D eigenvalue weighted by atomic mass is 19.1. The lowest BCUT2D eigenvalue weighted by molar-refractivity contribution is 0.296. The standard InChI is InChI=1S/C19H21FN2O4/c1-23-15-9-12(10-16(24-2)18(15)25-3)11-26-14-6-4-5-13(20)17(14)19-21-7-8-22-19/h4-6,9-10H,7-8,11H2,1-3H3,(H,21,22). The molecule has 0 unspecified atom stereocenters. The van der Waals surface area contributed by atoms with Crippen molar-refractivity contribution in [3.63, 3.8) is 0 Å². The number of benzene rings is 2. The zero-order chi connectivity index (χ0) is 18.5. The molecule has 3 rings (SSSR count). The molecule has 0 atom stereocenters. The van der Waals surface area contributed by atoms with Gasteiger partial charge >= 0.3 is 0 Å². The van der Waals surface area contributed by atoms with E-state index in [0.717, 1.165) is 5.56 Å². The predicted molar refractivity (Wildman–Crippen MR) is 96.2 cm³/mol. The van der Waals surface area contributed by atoms with E-state index in [1.807, 2.05) is 0 Å². The third-order valence-corrected chi connectivity index (χ3v) is 4.01. The minimum absolute atomic E-state index is 0.209. The van der Waals surface area contributed by atoms with Crippen LogP contribution in [0.25, 0.3) is 0 Å². The minimum atomic E-state index is -0.374. The van der Waals surface area contributed by atoms with Crippen molar-refractivity contribution in [1.82, 2.24) is 5.32 Å². The monoisotopic (exact) mass is 360 g/mol. The first kappa shape index (κ1) is 17.8. The number of rotatable bonds is 7. The van der Waals surface area contributed by atoms with Crippen molar-refractivity contribution in [2.45, 2.75) is 6.61 Å². The van der Waals surface area contributed by atoms with E-state index < -0.39 is 0 Å². The number of amidine groups is 1. The maximum absolute atomic E-state index is 14.3. The van der Waals surface area contributed by atoms with Crippen LogP contribution in [0.15, 0.2) is 35.3 Å². The molecule has 0 aliphatic carbocycles. The van der Waals surface area contributed by atoms with E-state index in [2.05, 4.69) is 10.3 Å². The summed E-state index contributed by atoms with van der Waals surface area (Å²) in [6.45, 7) is 1.52. The first-order valence-electron chi connectivity index (χ1n) is 8.16. The minimum Gasteiger partial charge on any atom is -0.493 e. The molecule has 138 valence electrons. The third-order valence-electron chi connectivity index (χ3n) is 4.01. The summed E-state index contributed by atoms with van der Waals surface area (Å²) in [6.07, 6.45) is 0. The average molecular weight is 360 g/mol. The van der Waals surface area contributed by atoms with Crippen LogP contribution in [-0.4, -0.2) is 40.3 Å². The Balaban J connectivity index is 1.87. The molecule has 7 heteroatoms. The van der Waals surface area contributed by atoms with Gasteiger partial charge < -0.3 is 24.3 Å². The van der Waals surface area contributed by atoms with Crippen LogP contribution in [0.1, 0.15) is 11.1 Å². The number of methoxy groups -OCH3 is 3. The number of nitrogens with one attached hydrogen (secondary N) is 1. The van der Waals surface area contributed by atoms with Crippen LogP contribution in [0.4, 0.5) is 4.39 Å². The largest absolute Gasteiger partial charge is 0.493 e. The molecule has 0 amide bonds. The summed E-state index contributed by atoms with van der Waals surface area (Å²) in [7, 11) is 4.65. The van der Waals surface area contributed by atoms with Crippen molar-refractivity contribution in [3.05, 3.63) is 47.3 Å². The van der Waals surface area contributed by atoms with Crippen molar-refractivity contribution in [2.24, 2.45) is 4.99 Å². The fourth-order valence-electron chi connectivity index (χ4n) is 2.80. The Hall–Kier alpha value is -2.96. The molecule has 0 radical (unpaired) electrons. The molecule has 0 spiro atoms. The number of ether oxygens (including phenoxy) is 4. The molecule has 1 N–H and O–H groups in total. The Morgan fingerprint density at radius 2 is 1.77 bits per heavy atom. The van der Waals surface area contributed by atoms with Gasteiger partial charge in [-0.2, -0.15) is 0 Å². The van der Waals surface area contributed by atoms with Crippen molar-refractivity contribution in [1.29, 1.82) is 0 Å². The molecule has 0 aromatic heterocycles. The second-order valence-corrected chi connectivity index (χ2v) is 5.59. The highest BCUT2D eigenvalue weighted by molar-refractivity contribution is 6.02. The van der Waals surface area contributed by atoms with Gasteiger partial charge in [-0.25, -0.2) is 4.39 Å². The van der Waals surface area contributed by atoms with Crippen molar-refractivity contribution in [2.75, 3.05) is 34.4 Å². The van der Waals surface area contributed by atoms with E-state index in [4.69, 9.17) is 18.9 Å². The summed E-state index contributed by atoms with van der Waals surface area (Å²) < 4.78 is 36.2. The van der Waals surface area contributed by atoms with Crippen molar-refractivity contribution < 1.29 is 23.3 Å². The second-order valence-electron chi connectivity index (χ2n) is 5.59. The molecule has 2 aromatic rings. The Bertz CT molecular complexity index is 798. The van der Waals surface area contributed by atoms with E-state index in [1.54, 1.807) is 45.6 Å². The molecular weight excluding hydrogens is 339 g/mol. The van der Waals surface area contributed by atoms with Crippen LogP contribution >= 0.6 is 0 Å². The zero-order valence-electron chi connectivity index (χ0n) is 15.0. The molecule has 1 heterocycles. The van der Waals surface area contributed by atoms with Crippen LogP contribution < -0.4 is 24.3 Å². The smallest absolute Gasteiger partial charge is 0.203 e. The first-order chi connectivity index (χ1) is 12.7. The van der Waals surface area contributed by atoms with Gasteiger partial charge in [0.2, 0.25) is 5.75 Å². The lowest BCUT2D eigenvalue weighted by Gasteiger charge is -2.16. The van der Waals surface area contributed by atoms with Gasteiger partial charge in [-0.05, 0) is 29.8 Å². The molecule has 0 saturated heterocycles. The van der Waals surface area contributed by atoms with Gasteiger partial charge in [0, 0.05) is 6.54 Å². The Morgan fingerprint density at radius 1 is 1.04 bits per heavy atom. The normalized spacial score (nSPS) is 13.0. The summed E-state index contributed by atoms with van der Waals surface area (Å²) in [4.78, 5) is 4.29. The van der Waals surface area contributed by atoms with Crippen LogP contribution in [0.2, 0.25) is 0 Å². The molecule has 6 nitrogen and oxygen atoms in total. The molecule has 0 saturated carbocycles. The fourth-order valence-corrected chi connectivity index (χ4v) is 2.80. The third kappa shape index (κ3) is 3.51. The summed E-state index contributed by atoms with van der Waals surface area (Å²) >= 11 is 0. The molecule has 0 fully saturated rings. The van der Waals surface area contributed by atoms with E-state index in [-0.39, 0.29) is 12.4 Å². The maximum Gasteiger partial charge on any atom is 0.203 e. The van der Waals surface area contributed by atoms with Crippen LogP contribution in [0, 0.1) is 5.82 Å². The van der Waals surface area contributed by atoms with Gasteiger partial charge in [0.15, 0.2) is 11.5 Å². The molecule has 1 aliphatic rings. The zero-order valence-corrected chi connectivity index (χ0v) is 15.0. The topological polar surface area (TPSA) is 61.3 Å². The Morgan fingerprint density at radius 3 is 2.35 bits per heavy atom. The number of nitrogens with zero attached hydrogens (tertiary/aromatic N) is 1. The quantitative estimate of drug-likeness (QED) is 0.823. The van der Waals surface area contributed by atoms with Gasteiger partial charge in [0.1, 0.15) is 24.0 Å². The van der Waals surface area contributed by atoms with E-state index >= 15 is 0 Å². The van der Waals surface area contributed by atoms with Crippen LogP contribution in [0.5, 0.6) is 23.0 Å². The summed E-state index contributed by atoms with van der Waals surface area (Å²) in [5.41, 5.74) is 1.15. The lowest BCUT2D eigenvalue weighted by Crippen LogP contribution is -2.21. The fraction of sp³-hybridized carbons (Fsp3) is 0.316. The highest BCUT2D eigenvalue weighted by Gasteiger charge is 2.19. The molecule has 26 heavy (non-hydrogen) atoms. The maximum atomic E-state index is 14.3. The van der Waals surface area contributed by atoms with Crippen molar-refractivity contribution >= 4 is 5.84 Å². The Kier molecular flexibility index (Phi) is 5.46. The van der Waals surface area contributed by atoms with Crippen LogP contribution in [0.3, 0.4) is 0 Å². The number of halogens is 1. The summed E-state index contributed by atoms with van der Waals surface area (Å²) in [5.74, 6) is 2.14. The number of hydrogen-bond acceptors (Lipinski definition) is 6. The van der Waals surface area contributed by atoms with Crippen LogP contribution in [-0.2, 0) is 6.61 Å². The Labute approximate surface area is 151 Å². The van der Waals surface area contributed by atoms with Gasteiger partial charge in [-0.15, -0.1) is 0 Å². The van der Waals surface area contributed by atoms with Gasteiger partial charge in [-0.1, -0.05) is 6.07 Å². The molecule has 0 bridgehead atoms. The summed E-state index contributed by atoms with van der Waals surface area (Å²) in [6, 6.07) is 8.32. The van der Waals surface area contributed by atoms with Gasteiger partial charge in [-0.3, -0.25) is 4.99 Å². The number of aliphatic imine (C=N–C) groups is 1. The van der Waals surface area contributed by atoms with Crippen molar-refractivity contribution in [3.8, 4) is 23.0 Å². The molecule has 2 aromatic carbocycles. The lowest BCUT2D eigenvalue weighted by atomic mass is 10.1. The number of hydrogen-bond donors (Lipinski definition) is 1.